The van der Waals surface area contributed by atoms with E-state index in [4.69, 9.17) is 14.2 Å². The number of amides is 1. The van der Waals surface area contributed by atoms with Gasteiger partial charge in [-0.2, -0.15) is 0 Å². The number of hydrogen-bond donors (Lipinski definition) is 2. The monoisotopic (exact) mass is 471 g/mol. The predicted molar refractivity (Wildman–Crippen MR) is 135 cm³/mol. The van der Waals surface area contributed by atoms with Gasteiger partial charge in [0, 0.05) is 41.0 Å². The van der Waals surface area contributed by atoms with Gasteiger partial charge in [0.15, 0.2) is 11.5 Å². The zero-order valence-corrected chi connectivity index (χ0v) is 19.2. The van der Waals surface area contributed by atoms with E-state index in [9.17, 15) is 9.59 Å². The summed E-state index contributed by atoms with van der Waals surface area (Å²) in [5.74, 6) is 1.48. The van der Waals surface area contributed by atoms with Crippen molar-refractivity contribution in [3.05, 3.63) is 88.7 Å². The molecular formula is C27H25N3O5. The molecule has 178 valence electrons. The van der Waals surface area contributed by atoms with Crippen molar-refractivity contribution in [1.82, 2.24) is 4.57 Å². The van der Waals surface area contributed by atoms with E-state index in [0.29, 0.717) is 53.8 Å². The number of rotatable bonds is 7. The van der Waals surface area contributed by atoms with Gasteiger partial charge in [0.1, 0.15) is 25.5 Å². The minimum absolute atomic E-state index is 0.161. The molecule has 1 aliphatic rings. The van der Waals surface area contributed by atoms with Crippen molar-refractivity contribution in [3.8, 4) is 17.2 Å². The van der Waals surface area contributed by atoms with Crippen LogP contribution in [-0.4, -0.2) is 30.8 Å². The highest BCUT2D eigenvalue weighted by atomic mass is 16.6. The van der Waals surface area contributed by atoms with Crippen LogP contribution in [0.2, 0.25) is 0 Å². The molecule has 8 nitrogen and oxygen atoms in total. The number of benzene rings is 3. The third-order valence-electron chi connectivity index (χ3n) is 5.74. The number of hydrogen-bond acceptors (Lipinski definition) is 6. The number of aromatic nitrogens is 1. The van der Waals surface area contributed by atoms with Crippen molar-refractivity contribution < 1.29 is 19.0 Å². The van der Waals surface area contributed by atoms with Crippen LogP contribution in [0.15, 0.2) is 77.6 Å². The standard InChI is InChI=1S/C27H25N3O5/c1-33-22-9-5-8-21(14-22)29-26(31)17-30-23-15-25-24(34-10-11-35-25)13-18(23)12-19(27(30)32)16-28-20-6-3-2-4-7-20/h2-9,12-15,28H,10-11,16-17H2,1H3,(H,29,31). The van der Waals surface area contributed by atoms with E-state index in [1.54, 1.807) is 37.4 Å². The van der Waals surface area contributed by atoms with Crippen molar-refractivity contribution in [3.63, 3.8) is 0 Å². The third kappa shape index (κ3) is 4.91. The first-order chi connectivity index (χ1) is 17.1. The fourth-order valence-electron chi connectivity index (χ4n) is 4.06. The fourth-order valence-corrected chi connectivity index (χ4v) is 4.06. The molecule has 0 aliphatic carbocycles. The first-order valence-corrected chi connectivity index (χ1v) is 11.3. The van der Waals surface area contributed by atoms with Crippen molar-refractivity contribution >= 4 is 28.2 Å². The number of methoxy groups -OCH3 is 1. The van der Waals surface area contributed by atoms with E-state index >= 15 is 0 Å². The molecule has 0 radical (unpaired) electrons. The minimum atomic E-state index is -0.329. The number of nitrogens with zero attached hydrogens (tertiary/aromatic N) is 1. The van der Waals surface area contributed by atoms with Crippen LogP contribution >= 0.6 is 0 Å². The van der Waals surface area contributed by atoms with Gasteiger partial charge >= 0.3 is 0 Å². The second-order valence-electron chi connectivity index (χ2n) is 8.12. The van der Waals surface area contributed by atoms with Gasteiger partial charge in [0.2, 0.25) is 5.91 Å². The molecule has 8 heteroatoms. The summed E-state index contributed by atoms with van der Waals surface area (Å²) in [6.45, 7) is 1.04. The maximum Gasteiger partial charge on any atom is 0.256 e. The number of carbonyl (C=O) groups excluding carboxylic acids is 1. The lowest BCUT2D eigenvalue weighted by molar-refractivity contribution is -0.116. The van der Waals surface area contributed by atoms with Crippen LogP contribution in [0.25, 0.3) is 10.9 Å². The highest BCUT2D eigenvalue weighted by molar-refractivity contribution is 5.92. The Morgan fingerprint density at radius 3 is 2.46 bits per heavy atom. The highest BCUT2D eigenvalue weighted by Crippen LogP contribution is 2.34. The Labute approximate surface area is 202 Å². The summed E-state index contributed by atoms with van der Waals surface area (Å²) in [7, 11) is 1.56. The lowest BCUT2D eigenvalue weighted by Crippen LogP contribution is -2.31. The molecule has 0 atom stereocenters. The summed E-state index contributed by atoms with van der Waals surface area (Å²) in [5, 5.41) is 6.91. The normalized spacial score (nSPS) is 12.3. The number of para-hydroxylation sites is 1. The maximum absolute atomic E-state index is 13.5. The van der Waals surface area contributed by atoms with E-state index < -0.39 is 0 Å². The average molecular weight is 472 g/mol. The van der Waals surface area contributed by atoms with Gasteiger partial charge in [-0.25, -0.2) is 0 Å². The summed E-state index contributed by atoms with van der Waals surface area (Å²) in [4.78, 5) is 26.5. The van der Waals surface area contributed by atoms with E-state index in [2.05, 4.69) is 10.6 Å². The Bertz CT molecular complexity index is 1430. The van der Waals surface area contributed by atoms with Gasteiger partial charge in [-0.3, -0.25) is 14.2 Å². The molecule has 0 unspecified atom stereocenters. The summed E-state index contributed by atoms with van der Waals surface area (Å²) >= 11 is 0. The van der Waals surface area contributed by atoms with Crippen LogP contribution in [0, 0.1) is 0 Å². The molecule has 0 saturated carbocycles. The predicted octanol–water partition coefficient (Wildman–Crippen LogP) is 4.03. The largest absolute Gasteiger partial charge is 0.497 e. The highest BCUT2D eigenvalue weighted by Gasteiger charge is 2.18. The van der Waals surface area contributed by atoms with Crippen molar-refractivity contribution in [1.29, 1.82) is 0 Å². The van der Waals surface area contributed by atoms with Crippen LogP contribution in [0.4, 0.5) is 11.4 Å². The van der Waals surface area contributed by atoms with Crippen LogP contribution in [-0.2, 0) is 17.9 Å². The number of pyridine rings is 1. The molecule has 0 fully saturated rings. The molecular weight excluding hydrogens is 446 g/mol. The Morgan fingerprint density at radius 1 is 0.943 bits per heavy atom. The Hall–Kier alpha value is -4.46. The quantitative estimate of drug-likeness (QED) is 0.423. The molecule has 0 saturated heterocycles. The van der Waals surface area contributed by atoms with Crippen molar-refractivity contribution in [2.45, 2.75) is 13.1 Å². The molecule has 2 heterocycles. The Kier molecular flexibility index (Phi) is 6.26. The summed E-state index contributed by atoms with van der Waals surface area (Å²) < 4.78 is 18.2. The van der Waals surface area contributed by atoms with Gasteiger partial charge in [0.25, 0.3) is 5.56 Å². The van der Waals surface area contributed by atoms with Crippen LogP contribution in [0.1, 0.15) is 5.56 Å². The molecule has 0 bridgehead atoms. The lowest BCUT2D eigenvalue weighted by atomic mass is 10.1. The van der Waals surface area contributed by atoms with E-state index in [-0.39, 0.29) is 18.0 Å². The second kappa shape index (κ2) is 9.80. The fraction of sp³-hybridized carbons (Fsp3) is 0.185. The van der Waals surface area contributed by atoms with Gasteiger partial charge < -0.3 is 24.8 Å². The Morgan fingerprint density at radius 2 is 1.69 bits per heavy atom. The van der Waals surface area contributed by atoms with E-state index in [1.165, 1.54) is 4.57 Å². The molecule has 5 rings (SSSR count). The Balaban J connectivity index is 1.50. The molecule has 1 amide bonds. The van der Waals surface area contributed by atoms with Gasteiger partial charge in [-0.1, -0.05) is 24.3 Å². The summed E-state index contributed by atoms with van der Waals surface area (Å²) in [5.41, 5.74) is 2.37. The first-order valence-electron chi connectivity index (χ1n) is 11.3. The molecule has 2 N–H and O–H groups in total. The lowest BCUT2D eigenvalue weighted by Gasteiger charge is -2.21. The zero-order valence-electron chi connectivity index (χ0n) is 19.2. The molecule has 1 aliphatic heterocycles. The van der Waals surface area contributed by atoms with E-state index in [0.717, 1.165) is 11.1 Å². The van der Waals surface area contributed by atoms with Gasteiger partial charge in [-0.15, -0.1) is 0 Å². The van der Waals surface area contributed by atoms with Gasteiger partial charge in [0.05, 0.1) is 12.6 Å². The molecule has 1 aromatic heterocycles. The third-order valence-corrected chi connectivity index (χ3v) is 5.74. The number of ether oxygens (including phenoxy) is 3. The van der Waals surface area contributed by atoms with Crippen LogP contribution in [0.3, 0.4) is 0 Å². The smallest absolute Gasteiger partial charge is 0.256 e. The number of fused-ring (bicyclic) bond motifs is 2. The molecule has 4 aromatic rings. The number of carbonyl (C=O) groups is 1. The second-order valence-corrected chi connectivity index (χ2v) is 8.12. The average Bonchev–Trinajstić information content (AvgIpc) is 2.89. The summed E-state index contributed by atoms with van der Waals surface area (Å²) in [6.07, 6.45) is 0. The number of nitrogens with one attached hydrogen (secondary N) is 2. The molecule has 3 aromatic carbocycles. The van der Waals surface area contributed by atoms with Crippen LogP contribution < -0.4 is 30.4 Å². The van der Waals surface area contributed by atoms with Gasteiger partial charge in [-0.05, 0) is 36.4 Å². The molecule has 35 heavy (non-hydrogen) atoms. The number of anilines is 2. The zero-order chi connectivity index (χ0) is 24.2. The van der Waals surface area contributed by atoms with Crippen LogP contribution in [0.5, 0.6) is 17.2 Å². The summed E-state index contributed by atoms with van der Waals surface area (Å²) in [6, 6.07) is 22.2. The van der Waals surface area contributed by atoms with Crippen molar-refractivity contribution in [2.75, 3.05) is 31.0 Å². The van der Waals surface area contributed by atoms with E-state index in [1.807, 2.05) is 42.5 Å². The molecule has 0 spiro atoms. The SMILES string of the molecule is COc1cccc(NC(=O)Cn2c(=O)c(CNc3ccccc3)cc3cc4c(cc32)OCCO4)c1. The first kappa shape index (κ1) is 22.3. The minimum Gasteiger partial charge on any atom is -0.497 e. The van der Waals surface area contributed by atoms with Crippen molar-refractivity contribution in [2.24, 2.45) is 0 Å². The topological polar surface area (TPSA) is 90.8 Å². The maximum atomic E-state index is 13.5.